The van der Waals surface area contributed by atoms with Crippen molar-refractivity contribution in [1.29, 1.82) is 0 Å². The van der Waals surface area contributed by atoms with Gasteiger partial charge in [0.1, 0.15) is 0 Å². The Labute approximate surface area is 96.8 Å². The first kappa shape index (κ1) is 12.6. The lowest BCUT2D eigenvalue weighted by molar-refractivity contribution is 0.243. The molecule has 1 aromatic rings. The summed E-state index contributed by atoms with van der Waals surface area (Å²) in [7, 11) is 0. The molecule has 1 unspecified atom stereocenters. The Kier molecular flexibility index (Phi) is 5.50. The highest BCUT2D eigenvalue weighted by molar-refractivity contribution is 5.12. The van der Waals surface area contributed by atoms with Gasteiger partial charge in [-0.15, -0.1) is 0 Å². The fraction of sp³-hybridized carbons (Fsp3) is 0.500. The van der Waals surface area contributed by atoms with Gasteiger partial charge in [-0.1, -0.05) is 6.58 Å². The van der Waals surface area contributed by atoms with Gasteiger partial charge in [0.15, 0.2) is 0 Å². The third-order valence-corrected chi connectivity index (χ3v) is 2.34. The predicted octanol–water partition coefficient (Wildman–Crippen LogP) is 1.99. The van der Waals surface area contributed by atoms with Gasteiger partial charge < -0.3 is 10.1 Å². The summed E-state index contributed by atoms with van der Waals surface area (Å²) < 4.78 is 5.04. The second kappa shape index (κ2) is 6.95. The molecule has 0 amide bonds. The van der Waals surface area contributed by atoms with Gasteiger partial charge in [-0.2, -0.15) is 0 Å². The largest absolute Gasteiger partial charge is 0.502 e. The number of aryl methyl sites for hydroxylation is 1. The van der Waals surface area contributed by atoms with Crippen LogP contribution in [0, 0.1) is 6.92 Å². The molecular weight excluding hydrogens is 202 g/mol. The van der Waals surface area contributed by atoms with Crippen molar-refractivity contribution in [2.45, 2.75) is 26.3 Å². The number of nitrogens with one attached hydrogen (secondary N) is 1. The average Bonchev–Trinajstić information content (AvgIpc) is 2.29. The van der Waals surface area contributed by atoms with Gasteiger partial charge in [0.2, 0.25) is 0 Å². The monoisotopic (exact) mass is 221 g/mol. The first-order valence-corrected chi connectivity index (χ1v) is 5.49. The van der Waals surface area contributed by atoms with Crippen molar-refractivity contribution in [2.24, 2.45) is 0 Å². The van der Waals surface area contributed by atoms with Gasteiger partial charge in [-0.25, -0.2) is 0 Å². The van der Waals surface area contributed by atoms with E-state index in [1.54, 1.807) is 12.4 Å². The van der Waals surface area contributed by atoms with Crippen LogP contribution in [0.15, 0.2) is 25.2 Å². The summed E-state index contributed by atoms with van der Waals surface area (Å²) in [6, 6.07) is 0.220. The molecule has 1 heterocycles. The third-order valence-electron chi connectivity index (χ3n) is 2.34. The maximum Gasteiger partial charge on any atom is 0.0885 e. The molecule has 0 aliphatic carbocycles. The number of rotatable bonds is 7. The van der Waals surface area contributed by atoms with Crippen LogP contribution in [0.1, 0.15) is 30.8 Å². The Bertz CT molecular complexity index is 328. The van der Waals surface area contributed by atoms with Gasteiger partial charge in [0.25, 0.3) is 0 Å². The van der Waals surface area contributed by atoms with Crippen LogP contribution in [0.4, 0.5) is 0 Å². The number of ether oxygens (including phenoxy) is 1. The second-order valence-corrected chi connectivity index (χ2v) is 3.59. The Morgan fingerprint density at radius 2 is 2.25 bits per heavy atom. The first-order chi connectivity index (χ1) is 7.75. The zero-order chi connectivity index (χ0) is 11.8. The first-order valence-electron chi connectivity index (χ1n) is 5.49. The van der Waals surface area contributed by atoms with Gasteiger partial charge in [0.05, 0.1) is 24.3 Å². The Morgan fingerprint density at radius 1 is 1.50 bits per heavy atom. The molecule has 0 fully saturated rings. The van der Waals surface area contributed by atoms with Crippen molar-refractivity contribution < 1.29 is 4.74 Å². The van der Waals surface area contributed by atoms with E-state index in [1.807, 2.05) is 6.92 Å². The lowest BCUT2D eigenvalue weighted by Crippen LogP contribution is -2.22. The van der Waals surface area contributed by atoms with E-state index in [4.69, 9.17) is 4.74 Å². The smallest absolute Gasteiger partial charge is 0.0885 e. The van der Waals surface area contributed by atoms with Crippen molar-refractivity contribution >= 4 is 0 Å². The topological polar surface area (TPSA) is 47.0 Å². The van der Waals surface area contributed by atoms with E-state index in [1.165, 1.54) is 6.26 Å². The Hall–Kier alpha value is -1.42. The number of hydrogen-bond donors (Lipinski definition) is 1. The fourth-order valence-electron chi connectivity index (χ4n) is 1.50. The molecule has 4 heteroatoms. The van der Waals surface area contributed by atoms with Crippen LogP contribution in [-0.4, -0.2) is 23.1 Å². The van der Waals surface area contributed by atoms with E-state index >= 15 is 0 Å². The Balaban J connectivity index is 2.32. The highest BCUT2D eigenvalue weighted by Crippen LogP contribution is 2.11. The van der Waals surface area contributed by atoms with Crippen LogP contribution in [-0.2, 0) is 4.74 Å². The summed E-state index contributed by atoms with van der Waals surface area (Å²) in [5.41, 5.74) is 1.98. The van der Waals surface area contributed by atoms with Crippen molar-refractivity contribution in [1.82, 2.24) is 15.3 Å². The molecule has 16 heavy (non-hydrogen) atoms. The van der Waals surface area contributed by atoms with Crippen LogP contribution in [0.3, 0.4) is 0 Å². The molecule has 0 saturated heterocycles. The average molecular weight is 221 g/mol. The van der Waals surface area contributed by atoms with Crippen LogP contribution in [0.5, 0.6) is 0 Å². The van der Waals surface area contributed by atoms with Gasteiger partial charge in [0, 0.05) is 18.4 Å². The molecule has 88 valence electrons. The molecule has 1 N–H and O–H groups in total. The maximum absolute atomic E-state index is 5.04. The molecular formula is C12H19N3O. The summed E-state index contributed by atoms with van der Waals surface area (Å²) in [6.45, 7) is 9.14. The minimum Gasteiger partial charge on any atom is -0.502 e. The Morgan fingerprint density at radius 3 is 2.94 bits per heavy atom. The standard InChI is InChI=1S/C12H19N3O/c1-4-16-9-5-6-13-10(2)12-11(3)14-7-8-15-12/h4,7-8,10,13H,1,5-6,9H2,2-3H3. The van der Waals surface area contributed by atoms with Crippen LogP contribution >= 0.6 is 0 Å². The highest BCUT2D eigenvalue weighted by atomic mass is 16.5. The van der Waals surface area contributed by atoms with Gasteiger partial charge in [-0.05, 0) is 26.8 Å². The zero-order valence-electron chi connectivity index (χ0n) is 9.94. The van der Waals surface area contributed by atoms with E-state index in [9.17, 15) is 0 Å². The van der Waals surface area contributed by atoms with Crippen molar-refractivity contribution in [3.05, 3.63) is 36.6 Å². The highest BCUT2D eigenvalue weighted by Gasteiger charge is 2.08. The minimum atomic E-state index is 0.220. The molecule has 0 saturated carbocycles. The lowest BCUT2D eigenvalue weighted by Gasteiger charge is -2.14. The summed E-state index contributed by atoms with van der Waals surface area (Å²) in [5, 5.41) is 3.38. The second-order valence-electron chi connectivity index (χ2n) is 3.59. The molecule has 0 aromatic carbocycles. The number of hydrogen-bond acceptors (Lipinski definition) is 4. The van der Waals surface area contributed by atoms with Gasteiger partial charge in [-0.3, -0.25) is 9.97 Å². The van der Waals surface area contributed by atoms with Crippen molar-refractivity contribution in [3.63, 3.8) is 0 Å². The summed E-state index contributed by atoms with van der Waals surface area (Å²) in [5.74, 6) is 0. The van der Waals surface area contributed by atoms with E-state index in [0.717, 1.165) is 24.4 Å². The van der Waals surface area contributed by atoms with Gasteiger partial charge >= 0.3 is 0 Å². The minimum absolute atomic E-state index is 0.220. The third kappa shape index (κ3) is 3.98. The summed E-state index contributed by atoms with van der Waals surface area (Å²) >= 11 is 0. The molecule has 1 rings (SSSR count). The molecule has 0 bridgehead atoms. The van der Waals surface area contributed by atoms with Crippen LogP contribution in [0.25, 0.3) is 0 Å². The van der Waals surface area contributed by atoms with E-state index in [0.29, 0.717) is 6.61 Å². The van der Waals surface area contributed by atoms with E-state index in [2.05, 4.69) is 28.8 Å². The molecule has 0 spiro atoms. The van der Waals surface area contributed by atoms with Crippen molar-refractivity contribution in [2.75, 3.05) is 13.2 Å². The molecule has 1 aromatic heterocycles. The van der Waals surface area contributed by atoms with E-state index in [-0.39, 0.29) is 6.04 Å². The molecule has 0 aliphatic heterocycles. The van der Waals surface area contributed by atoms with Crippen LogP contribution < -0.4 is 5.32 Å². The van der Waals surface area contributed by atoms with Crippen molar-refractivity contribution in [3.8, 4) is 0 Å². The number of nitrogens with zero attached hydrogens (tertiary/aromatic N) is 2. The zero-order valence-corrected chi connectivity index (χ0v) is 9.94. The molecule has 0 aliphatic rings. The number of aromatic nitrogens is 2. The quantitative estimate of drug-likeness (QED) is 0.565. The fourth-order valence-corrected chi connectivity index (χ4v) is 1.50. The molecule has 1 atom stereocenters. The normalized spacial score (nSPS) is 12.1. The SMILES string of the molecule is C=COCCCNC(C)c1nccnc1C. The predicted molar refractivity (Wildman–Crippen MR) is 64.0 cm³/mol. The maximum atomic E-state index is 5.04. The lowest BCUT2D eigenvalue weighted by atomic mass is 10.2. The molecule has 4 nitrogen and oxygen atoms in total. The van der Waals surface area contributed by atoms with E-state index < -0.39 is 0 Å². The summed E-state index contributed by atoms with van der Waals surface area (Å²) in [6.07, 6.45) is 5.86. The molecule has 0 radical (unpaired) electrons. The van der Waals surface area contributed by atoms with Crippen LogP contribution in [0.2, 0.25) is 0 Å². The summed E-state index contributed by atoms with van der Waals surface area (Å²) in [4.78, 5) is 8.54.